The Morgan fingerprint density at radius 1 is 1.00 bits per heavy atom. The lowest BCUT2D eigenvalue weighted by Gasteiger charge is -2.12. The maximum absolute atomic E-state index is 11.7. The molecule has 0 aromatic carbocycles. The van der Waals surface area contributed by atoms with Crippen molar-refractivity contribution < 1.29 is 24.2 Å². The zero-order chi connectivity index (χ0) is 16.0. The molecule has 0 aliphatic heterocycles. The van der Waals surface area contributed by atoms with Gasteiger partial charge in [-0.3, -0.25) is 4.57 Å². The third-order valence-corrected chi connectivity index (χ3v) is 4.95. The lowest BCUT2D eigenvalue weighted by molar-refractivity contribution is 0.0859. The van der Waals surface area contributed by atoms with Crippen LogP contribution in [0.5, 0.6) is 0 Å². The summed E-state index contributed by atoms with van der Waals surface area (Å²) in [5.41, 5.74) is 0. The van der Waals surface area contributed by atoms with Crippen LogP contribution in [0.2, 0.25) is 0 Å². The van der Waals surface area contributed by atoms with E-state index in [-0.39, 0.29) is 12.8 Å². The van der Waals surface area contributed by atoms with Gasteiger partial charge in [0.05, 0.1) is 19.3 Å². The number of aliphatic hydroxyl groups excluding tert-OH is 2. The van der Waals surface area contributed by atoms with Gasteiger partial charge in [0.1, 0.15) is 0 Å². The highest BCUT2D eigenvalue weighted by atomic mass is 31.2. The van der Waals surface area contributed by atoms with E-state index in [4.69, 9.17) is 14.7 Å². The van der Waals surface area contributed by atoms with Gasteiger partial charge in [0.25, 0.3) is 0 Å². The summed E-state index contributed by atoms with van der Waals surface area (Å²) in [6, 6.07) is 0. The third-order valence-electron chi connectivity index (χ3n) is 3.48. The normalized spacial score (nSPS) is 15.8. The summed E-state index contributed by atoms with van der Waals surface area (Å²) in [6.45, 7) is 2.29. The monoisotopic (exact) mass is 324 g/mol. The molecule has 0 amide bonds. The second-order valence-electron chi connectivity index (χ2n) is 5.65. The van der Waals surface area contributed by atoms with Crippen LogP contribution in [0.4, 0.5) is 0 Å². The molecule has 2 unspecified atom stereocenters. The molecule has 0 bridgehead atoms. The average molecular weight is 324 g/mol. The Hall–Kier alpha value is 0.0700. The minimum absolute atomic E-state index is 0.169. The Morgan fingerprint density at radius 2 is 1.62 bits per heavy atom. The van der Waals surface area contributed by atoms with Gasteiger partial charge in [0.15, 0.2) is 0 Å². The SMILES string of the molecule is CCCCCCP(=O)(O)OCCCCCCCC(O)CO. The first-order valence-corrected chi connectivity index (χ1v) is 10.0. The van der Waals surface area contributed by atoms with Crippen molar-refractivity contribution in [3.05, 3.63) is 0 Å². The fourth-order valence-electron chi connectivity index (χ4n) is 2.11. The van der Waals surface area contributed by atoms with Gasteiger partial charge < -0.3 is 19.6 Å². The Morgan fingerprint density at radius 3 is 2.29 bits per heavy atom. The highest BCUT2D eigenvalue weighted by Crippen LogP contribution is 2.43. The largest absolute Gasteiger partial charge is 0.394 e. The Balaban J connectivity index is 3.38. The third kappa shape index (κ3) is 14.8. The molecule has 0 aromatic heterocycles. The molecule has 5 nitrogen and oxygen atoms in total. The summed E-state index contributed by atoms with van der Waals surface area (Å²) >= 11 is 0. The van der Waals surface area contributed by atoms with Gasteiger partial charge >= 0.3 is 7.60 Å². The van der Waals surface area contributed by atoms with Crippen molar-refractivity contribution in [2.45, 2.75) is 77.2 Å². The van der Waals surface area contributed by atoms with Crippen LogP contribution < -0.4 is 0 Å². The van der Waals surface area contributed by atoms with Gasteiger partial charge in [-0.2, -0.15) is 0 Å². The molecule has 0 aliphatic carbocycles. The van der Waals surface area contributed by atoms with Crippen LogP contribution in [-0.4, -0.2) is 40.6 Å². The summed E-state index contributed by atoms with van der Waals surface area (Å²) in [7, 11) is -3.37. The standard InChI is InChI=1S/C15H33O5P/c1-2-3-4-10-13-21(18,19)20-12-9-7-5-6-8-11-15(17)14-16/h15-17H,2-14H2,1H3,(H,18,19). The summed E-state index contributed by atoms with van der Waals surface area (Å²) in [5.74, 6) is 0. The average Bonchev–Trinajstić information content (AvgIpc) is 2.46. The lowest BCUT2D eigenvalue weighted by Crippen LogP contribution is -2.10. The van der Waals surface area contributed by atoms with E-state index < -0.39 is 13.7 Å². The van der Waals surface area contributed by atoms with Crippen LogP contribution in [0.1, 0.15) is 71.1 Å². The quantitative estimate of drug-likeness (QED) is 0.317. The van der Waals surface area contributed by atoms with E-state index >= 15 is 0 Å². The summed E-state index contributed by atoms with van der Waals surface area (Å²) in [5, 5.41) is 17.8. The first kappa shape index (κ1) is 21.1. The molecule has 0 aliphatic rings. The minimum atomic E-state index is -3.37. The van der Waals surface area contributed by atoms with Crippen molar-refractivity contribution in [3.8, 4) is 0 Å². The van der Waals surface area contributed by atoms with Crippen molar-refractivity contribution in [3.63, 3.8) is 0 Å². The van der Waals surface area contributed by atoms with Crippen LogP contribution in [0.15, 0.2) is 0 Å². The highest BCUT2D eigenvalue weighted by Gasteiger charge is 2.17. The molecular weight excluding hydrogens is 291 g/mol. The Kier molecular flexibility index (Phi) is 13.8. The molecule has 0 radical (unpaired) electrons. The molecule has 6 heteroatoms. The number of aliphatic hydroxyl groups is 2. The van der Waals surface area contributed by atoms with E-state index in [9.17, 15) is 9.46 Å². The van der Waals surface area contributed by atoms with E-state index in [0.717, 1.165) is 57.8 Å². The minimum Gasteiger partial charge on any atom is -0.394 e. The second-order valence-corrected chi connectivity index (χ2v) is 7.63. The van der Waals surface area contributed by atoms with Gasteiger partial charge in [0, 0.05) is 6.16 Å². The van der Waals surface area contributed by atoms with Crippen LogP contribution >= 0.6 is 7.60 Å². The fraction of sp³-hybridized carbons (Fsp3) is 1.00. The zero-order valence-electron chi connectivity index (χ0n) is 13.4. The first-order valence-electron chi connectivity index (χ1n) is 8.27. The van der Waals surface area contributed by atoms with Gasteiger partial charge in [-0.05, 0) is 19.3 Å². The predicted molar refractivity (Wildman–Crippen MR) is 85.6 cm³/mol. The zero-order valence-corrected chi connectivity index (χ0v) is 14.3. The van der Waals surface area contributed by atoms with E-state index in [0.29, 0.717) is 13.0 Å². The topological polar surface area (TPSA) is 87.0 Å². The fourth-order valence-corrected chi connectivity index (χ4v) is 3.28. The van der Waals surface area contributed by atoms with Gasteiger partial charge in [-0.15, -0.1) is 0 Å². The van der Waals surface area contributed by atoms with Crippen LogP contribution in [0.25, 0.3) is 0 Å². The molecule has 0 saturated carbocycles. The van der Waals surface area contributed by atoms with E-state index in [2.05, 4.69) is 6.92 Å². The van der Waals surface area contributed by atoms with Crippen LogP contribution in [0.3, 0.4) is 0 Å². The smallest absolute Gasteiger partial charge is 0.328 e. The number of unbranched alkanes of at least 4 members (excludes halogenated alkanes) is 7. The Bertz CT molecular complexity index is 273. The summed E-state index contributed by atoms with van der Waals surface area (Å²) < 4.78 is 16.8. The maximum Gasteiger partial charge on any atom is 0.328 e. The summed E-state index contributed by atoms with van der Waals surface area (Å²) in [4.78, 5) is 9.62. The second kappa shape index (κ2) is 13.7. The first-order chi connectivity index (χ1) is 10.0. The van der Waals surface area contributed by atoms with Gasteiger partial charge in [0.2, 0.25) is 0 Å². The number of hydrogen-bond donors (Lipinski definition) is 3. The molecular formula is C15H33O5P. The molecule has 0 fully saturated rings. The number of hydrogen-bond acceptors (Lipinski definition) is 4. The molecule has 0 heterocycles. The predicted octanol–water partition coefficient (Wildman–Crippen LogP) is 3.46. The van der Waals surface area contributed by atoms with E-state index in [1.165, 1.54) is 0 Å². The molecule has 0 rings (SSSR count). The lowest BCUT2D eigenvalue weighted by atomic mass is 10.1. The van der Waals surface area contributed by atoms with E-state index in [1.54, 1.807) is 0 Å². The molecule has 3 N–H and O–H groups in total. The maximum atomic E-state index is 11.7. The van der Waals surface area contributed by atoms with Gasteiger partial charge in [-0.1, -0.05) is 51.9 Å². The van der Waals surface area contributed by atoms with Crippen molar-refractivity contribution >= 4 is 7.60 Å². The Labute approximate surface area is 129 Å². The summed E-state index contributed by atoms with van der Waals surface area (Å²) in [6.07, 6.45) is 8.96. The number of rotatable bonds is 15. The van der Waals surface area contributed by atoms with Crippen LogP contribution in [-0.2, 0) is 9.09 Å². The van der Waals surface area contributed by atoms with Crippen molar-refractivity contribution in [2.75, 3.05) is 19.4 Å². The molecule has 0 spiro atoms. The van der Waals surface area contributed by atoms with E-state index in [1.807, 2.05) is 0 Å². The molecule has 0 saturated heterocycles. The van der Waals surface area contributed by atoms with Gasteiger partial charge in [-0.25, -0.2) is 0 Å². The molecule has 128 valence electrons. The van der Waals surface area contributed by atoms with Crippen molar-refractivity contribution in [1.82, 2.24) is 0 Å². The molecule has 0 aromatic rings. The van der Waals surface area contributed by atoms with Crippen molar-refractivity contribution in [1.29, 1.82) is 0 Å². The highest BCUT2D eigenvalue weighted by molar-refractivity contribution is 7.52. The van der Waals surface area contributed by atoms with Crippen molar-refractivity contribution in [2.24, 2.45) is 0 Å². The molecule has 2 atom stereocenters. The molecule has 21 heavy (non-hydrogen) atoms. The van der Waals surface area contributed by atoms with Crippen LogP contribution in [0, 0.1) is 0 Å².